The number of benzene rings is 1. The number of carbonyl (C=O) groups is 4. The van der Waals surface area contributed by atoms with E-state index in [-0.39, 0.29) is 43.8 Å². The van der Waals surface area contributed by atoms with E-state index in [0.717, 1.165) is 0 Å². The number of hydrogen-bond donors (Lipinski definition) is 8. The van der Waals surface area contributed by atoms with Crippen LogP contribution < -0.4 is 10.6 Å². The number of amides is 2. The van der Waals surface area contributed by atoms with Crippen LogP contribution in [-0.2, 0) is 42.8 Å². The molecule has 306 valence electrons. The lowest BCUT2D eigenvalue weighted by molar-refractivity contribution is -0.298. The first-order valence-corrected chi connectivity index (χ1v) is 18.0. The number of nitrogens with one attached hydrogen (secondary N) is 2. The summed E-state index contributed by atoms with van der Waals surface area (Å²) in [6.07, 6.45) is -6.32. The van der Waals surface area contributed by atoms with Gasteiger partial charge in [-0.25, -0.2) is 4.79 Å². The lowest BCUT2D eigenvalue weighted by Crippen LogP contribution is -2.59. The number of hydrogen-bond acceptors (Lipinski definition) is 16. The monoisotopic (exact) mass is 780 g/mol. The molecule has 1 aliphatic carbocycles. The normalized spacial score (nSPS) is 28.4. The molecule has 0 bridgehead atoms. The molecule has 0 aromatic heterocycles. The van der Waals surface area contributed by atoms with Crippen LogP contribution in [0, 0.1) is 0 Å². The van der Waals surface area contributed by atoms with Gasteiger partial charge in [-0.3, -0.25) is 14.4 Å². The van der Waals surface area contributed by atoms with Crippen LogP contribution in [0.4, 0.5) is 0 Å². The Labute approximate surface area is 318 Å². The minimum atomic E-state index is -1.58. The van der Waals surface area contributed by atoms with Gasteiger partial charge in [0, 0.05) is 18.4 Å². The van der Waals surface area contributed by atoms with Gasteiger partial charge in [0.2, 0.25) is 11.8 Å². The third-order valence-corrected chi connectivity index (χ3v) is 8.92. The zero-order chi connectivity index (χ0) is 40.4. The fourth-order valence-corrected chi connectivity index (χ4v) is 6.06. The summed E-state index contributed by atoms with van der Waals surface area (Å²) in [5.74, 6) is -2.77. The Morgan fingerprint density at radius 3 is 2.45 bits per heavy atom. The minimum Gasteiger partial charge on any atom is -0.460 e. The summed E-state index contributed by atoms with van der Waals surface area (Å²) in [5.41, 5.74) is 0.152. The summed E-state index contributed by atoms with van der Waals surface area (Å²) in [7, 11) is 0. The first kappa shape index (κ1) is 43.9. The van der Waals surface area contributed by atoms with Gasteiger partial charge >= 0.3 is 11.9 Å². The molecule has 2 aliphatic heterocycles. The number of rotatable bonds is 16. The van der Waals surface area contributed by atoms with E-state index in [0.29, 0.717) is 5.56 Å². The highest BCUT2D eigenvalue weighted by molar-refractivity contribution is 5.97. The highest BCUT2D eigenvalue weighted by Crippen LogP contribution is 2.31. The van der Waals surface area contributed by atoms with E-state index in [4.69, 9.17) is 28.4 Å². The second kappa shape index (κ2) is 19.9. The Hall–Kier alpha value is -3.82. The second-order valence-electron chi connectivity index (χ2n) is 14.5. The molecule has 4 rings (SSSR count). The van der Waals surface area contributed by atoms with Crippen LogP contribution >= 0.6 is 0 Å². The fraction of sp³-hybridized carbons (Fsp3) is 0.622. The molecule has 2 amide bonds. The van der Waals surface area contributed by atoms with E-state index < -0.39 is 110 Å². The lowest BCUT2D eigenvalue weighted by atomic mass is 9.91. The number of aliphatic hydroxyl groups is 6. The number of carbonyl (C=O) groups excluding carboxylic acids is 4. The maximum absolute atomic E-state index is 13.5. The van der Waals surface area contributed by atoms with Gasteiger partial charge < -0.3 is 69.7 Å². The van der Waals surface area contributed by atoms with E-state index in [2.05, 4.69) is 10.6 Å². The Bertz CT molecular complexity index is 1540. The van der Waals surface area contributed by atoms with Crippen molar-refractivity contribution < 1.29 is 78.2 Å². The third-order valence-electron chi connectivity index (χ3n) is 8.92. The summed E-state index contributed by atoms with van der Waals surface area (Å²) in [6.45, 7) is 5.13. The maximum atomic E-state index is 13.5. The van der Waals surface area contributed by atoms with Crippen LogP contribution in [0.5, 0.6) is 0 Å². The smallest absolute Gasteiger partial charge is 0.338 e. The van der Waals surface area contributed by atoms with Gasteiger partial charge in [0.15, 0.2) is 6.29 Å². The topological polar surface area (TPSA) is 269 Å². The van der Waals surface area contributed by atoms with Crippen molar-refractivity contribution in [3.63, 3.8) is 0 Å². The number of ether oxygens (including phenoxy) is 6. The Kier molecular flexibility index (Phi) is 15.9. The molecule has 8 N–H and O–H groups in total. The summed E-state index contributed by atoms with van der Waals surface area (Å²) in [6, 6.07) is 4.09. The average Bonchev–Trinajstić information content (AvgIpc) is 3.62. The van der Waals surface area contributed by atoms with Crippen LogP contribution in [0.2, 0.25) is 0 Å². The summed E-state index contributed by atoms with van der Waals surface area (Å²) >= 11 is 0. The molecule has 2 heterocycles. The molecular formula is C37H52N2O16. The van der Waals surface area contributed by atoms with Crippen molar-refractivity contribution in [1.29, 1.82) is 0 Å². The fourth-order valence-electron chi connectivity index (χ4n) is 6.06. The van der Waals surface area contributed by atoms with Crippen LogP contribution in [0.15, 0.2) is 42.0 Å². The van der Waals surface area contributed by atoms with E-state index >= 15 is 0 Å². The molecule has 18 heteroatoms. The molecule has 2 saturated heterocycles. The first-order valence-electron chi connectivity index (χ1n) is 18.0. The standard InChI is InChI=1S/C37H52N2O16/c1-19(42)28(34(48)38-23(16-40)10-11-27(43)55-37(2,3)4)39-33(47)22-14-24-32(52-18-51-24)25(15-22)53-35(49)21-9-5-7-20(13-21)8-6-12-50-36-31(46)30(45)29(44)26(17-41)54-36/h5-9,13-14,19,23-26,28-32,36,40-42,44-46H,10-12,15-18H2,1-4H3,(H,38,48)(H,39,47). The molecule has 3 aliphatic rings. The molecule has 2 fully saturated rings. The number of esters is 2. The molecule has 11 atom stereocenters. The van der Waals surface area contributed by atoms with Crippen molar-refractivity contribution in [2.75, 3.05) is 26.6 Å². The van der Waals surface area contributed by atoms with Gasteiger partial charge in [0.05, 0.1) is 37.5 Å². The maximum Gasteiger partial charge on any atom is 0.338 e. The van der Waals surface area contributed by atoms with E-state index in [9.17, 15) is 49.8 Å². The van der Waals surface area contributed by atoms with Crippen molar-refractivity contribution in [1.82, 2.24) is 10.6 Å². The van der Waals surface area contributed by atoms with Crippen molar-refractivity contribution in [3.05, 3.63) is 53.1 Å². The zero-order valence-corrected chi connectivity index (χ0v) is 31.1. The van der Waals surface area contributed by atoms with Gasteiger partial charge in [-0.1, -0.05) is 24.3 Å². The van der Waals surface area contributed by atoms with Gasteiger partial charge in [0.25, 0.3) is 0 Å². The molecule has 0 radical (unpaired) electrons. The quantitative estimate of drug-likeness (QED) is 0.0895. The van der Waals surface area contributed by atoms with E-state index in [1.165, 1.54) is 19.1 Å². The van der Waals surface area contributed by atoms with Gasteiger partial charge in [-0.05, 0) is 57.9 Å². The Balaban J connectivity index is 1.34. The lowest BCUT2D eigenvalue weighted by Gasteiger charge is -2.39. The number of fused-ring (bicyclic) bond motifs is 1. The molecule has 55 heavy (non-hydrogen) atoms. The van der Waals surface area contributed by atoms with Crippen LogP contribution in [0.25, 0.3) is 6.08 Å². The molecule has 11 unspecified atom stereocenters. The van der Waals surface area contributed by atoms with E-state index in [1.54, 1.807) is 51.1 Å². The third kappa shape index (κ3) is 12.3. The largest absolute Gasteiger partial charge is 0.460 e. The van der Waals surface area contributed by atoms with Crippen molar-refractivity contribution in [2.24, 2.45) is 0 Å². The van der Waals surface area contributed by atoms with Gasteiger partial charge in [-0.2, -0.15) is 0 Å². The Morgan fingerprint density at radius 2 is 1.78 bits per heavy atom. The van der Waals surface area contributed by atoms with Crippen molar-refractivity contribution in [2.45, 2.75) is 120 Å². The van der Waals surface area contributed by atoms with Crippen LogP contribution in [0.3, 0.4) is 0 Å². The zero-order valence-electron chi connectivity index (χ0n) is 31.1. The molecule has 0 spiro atoms. The van der Waals surface area contributed by atoms with Gasteiger partial charge in [0.1, 0.15) is 61.2 Å². The highest BCUT2D eigenvalue weighted by atomic mass is 16.7. The number of aliphatic hydroxyl groups excluding tert-OH is 6. The van der Waals surface area contributed by atoms with Crippen molar-refractivity contribution >= 4 is 29.8 Å². The molecule has 0 saturated carbocycles. The average molecular weight is 781 g/mol. The predicted octanol–water partition coefficient (Wildman–Crippen LogP) is -1.42. The SMILES string of the molecule is CC(O)C(NC(=O)C1=CC2OCOC2C(OC(=O)c2cccc(C=CCOC3OC(CO)C(O)C(O)C3O)c2)C1)C(=O)NC(CO)CCC(=O)OC(C)(C)C. The highest BCUT2D eigenvalue weighted by Gasteiger charge is 2.45. The minimum absolute atomic E-state index is 0.0510. The first-order chi connectivity index (χ1) is 26.0. The molecule has 1 aromatic carbocycles. The van der Waals surface area contributed by atoms with Gasteiger partial charge in [-0.15, -0.1) is 0 Å². The molecule has 18 nitrogen and oxygen atoms in total. The molecule has 1 aromatic rings. The summed E-state index contributed by atoms with van der Waals surface area (Å²) in [5, 5.41) is 64.6. The van der Waals surface area contributed by atoms with Crippen LogP contribution in [0.1, 0.15) is 62.9 Å². The summed E-state index contributed by atoms with van der Waals surface area (Å²) in [4.78, 5) is 52.1. The predicted molar refractivity (Wildman–Crippen MR) is 189 cm³/mol. The van der Waals surface area contributed by atoms with E-state index in [1.807, 2.05) is 0 Å². The Morgan fingerprint density at radius 1 is 1.04 bits per heavy atom. The van der Waals surface area contributed by atoms with Crippen LogP contribution in [-0.4, -0.2) is 154 Å². The second-order valence-corrected chi connectivity index (χ2v) is 14.5. The summed E-state index contributed by atoms with van der Waals surface area (Å²) < 4.78 is 33.1. The molecular weight excluding hydrogens is 728 g/mol. The van der Waals surface area contributed by atoms with Crippen molar-refractivity contribution in [3.8, 4) is 0 Å².